The van der Waals surface area contributed by atoms with E-state index in [0.717, 1.165) is 51.5 Å². The Hall–Kier alpha value is -1.39. The largest absolute Gasteiger partial charge is 0.379 e. The maximum atomic E-state index is 12.2. The summed E-state index contributed by atoms with van der Waals surface area (Å²) in [6.07, 6.45) is 0.499. The summed E-state index contributed by atoms with van der Waals surface area (Å²) in [7, 11) is 0. The van der Waals surface area contributed by atoms with Crippen molar-refractivity contribution in [1.29, 1.82) is 0 Å². The van der Waals surface area contributed by atoms with Crippen molar-refractivity contribution in [3.63, 3.8) is 0 Å². The first-order valence-electron chi connectivity index (χ1n) is 7.88. The van der Waals surface area contributed by atoms with Gasteiger partial charge in [0.25, 0.3) is 0 Å². The molecule has 1 aliphatic rings. The van der Waals surface area contributed by atoms with E-state index >= 15 is 0 Å². The van der Waals surface area contributed by atoms with Crippen molar-refractivity contribution in [1.82, 2.24) is 9.80 Å². The summed E-state index contributed by atoms with van der Waals surface area (Å²) in [4.78, 5) is 16.5. The number of hydrogen-bond acceptors (Lipinski definition) is 3. The number of morpholine rings is 1. The molecule has 4 heteroatoms. The highest BCUT2D eigenvalue weighted by Crippen LogP contribution is 2.11. The zero-order chi connectivity index (χ0) is 15.1. The standard InChI is InChI=1S/C17H26N2O2/c1-3-19(4-2)17(20)13-15-6-5-7-16(12-15)14-18-8-10-21-11-9-18/h5-7,12H,3-4,8-11,13-14H2,1-2H3. The van der Waals surface area contributed by atoms with E-state index in [1.54, 1.807) is 0 Å². The minimum absolute atomic E-state index is 0.212. The van der Waals surface area contributed by atoms with Gasteiger partial charge in [-0.2, -0.15) is 0 Å². The van der Waals surface area contributed by atoms with Crippen LogP contribution in [-0.2, 0) is 22.5 Å². The molecule has 21 heavy (non-hydrogen) atoms. The number of amides is 1. The summed E-state index contributed by atoms with van der Waals surface area (Å²) in [5.74, 6) is 0.212. The van der Waals surface area contributed by atoms with Crippen molar-refractivity contribution in [2.24, 2.45) is 0 Å². The van der Waals surface area contributed by atoms with Crippen LogP contribution in [-0.4, -0.2) is 55.1 Å². The number of nitrogens with zero attached hydrogens (tertiary/aromatic N) is 2. The van der Waals surface area contributed by atoms with Crippen LogP contribution < -0.4 is 0 Å². The van der Waals surface area contributed by atoms with E-state index in [1.165, 1.54) is 5.56 Å². The summed E-state index contributed by atoms with van der Waals surface area (Å²) in [6.45, 7) is 10.2. The smallest absolute Gasteiger partial charge is 0.226 e. The van der Waals surface area contributed by atoms with Crippen LogP contribution in [0.5, 0.6) is 0 Å². The Bertz CT molecular complexity index is 452. The molecule has 2 rings (SSSR count). The maximum Gasteiger partial charge on any atom is 0.226 e. The van der Waals surface area contributed by atoms with Crippen LogP contribution in [0.2, 0.25) is 0 Å². The Labute approximate surface area is 127 Å². The third-order valence-electron chi connectivity index (χ3n) is 3.97. The van der Waals surface area contributed by atoms with Crippen molar-refractivity contribution in [3.8, 4) is 0 Å². The van der Waals surface area contributed by atoms with E-state index < -0.39 is 0 Å². The van der Waals surface area contributed by atoms with Crippen molar-refractivity contribution in [2.75, 3.05) is 39.4 Å². The second-order valence-corrected chi connectivity index (χ2v) is 5.45. The molecule has 4 nitrogen and oxygen atoms in total. The third-order valence-corrected chi connectivity index (χ3v) is 3.97. The molecule has 0 spiro atoms. The highest BCUT2D eigenvalue weighted by molar-refractivity contribution is 5.78. The van der Waals surface area contributed by atoms with E-state index in [9.17, 15) is 4.79 Å². The van der Waals surface area contributed by atoms with Gasteiger partial charge in [0.15, 0.2) is 0 Å². The maximum absolute atomic E-state index is 12.2. The molecule has 1 amide bonds. The lowest BCUT2D eigenvalue weighted by Crippen LogP contribution is -2.35. The monoisotopic (exact) mass is 290 g/mol. The van der Waals surface area contributed by atoms with Crippen LogP contribution in [0.25, 0.3) is 0 Å². The fourth-order valence-electron chi connectivity index (χ4n) is 2.72. The Balaban J connectivity index is 1.95. The molecular weight excluding hydrogens is 264 g/mol. The van der Waals surface area contributed by atoms with Gasteiger partial charge in [0, 0.05) is 32.7 Å². The van der Waals surface area contributed by atoms with Crippen LogP contribution in [0, 0.1) is 0 Å². The minimum atomic E-state index is 0.212. The summed E-state index contributed by atoms with van der Waals surface area (Å²) in [6, 6.07) is 8.41. The van der Waals surface area contributed by atoms with E-state index in [1.807, 2.05) is 24.8 Å². The number of rotatable bonds is 6. The zero-order valence-corrected chi connectivity index (χ0v) is 13.2. The Kier molecular flexibility index (Phi) is 6.21. The van der Waals surface area contributed by atoms with Crippen molar-refractivity contribution in [3.05, 3.63) is 35.4 Å². The SMILES string of the molecule is CCN(CC)C(=O)Cc1cccc(CN2CCOCC2)c1. The molecule has 0 aromatic heterocycles. The quantitative estimate of drug-likeness (QED) is 0.802. The van der Waals surface area contributed by atoms with Gasteiger partial charge in [-0.05, 0) is 25.0 Å². The van der Waals surface area contributed by atoms with Crippen LogP contribution in [0.1, 0.15) is 25.0 Å². The molecule has 1 aliphatic heterocycles. The Morgan fingerprint density at radius 3 is 2.52 bits per heavy atom. The van der Waals surface area contributed by atoms with Gasteiger partial charge in [-0.1, -0.05) is 24.3 Å². The fourth-order valence-corrected chi connectivity index (χ4v) is 2.72. The second kappa shape index (κ2) is 8.15. The normalized spacial score (nSPS) is 15.9. The van der Waals surface area contributed by atoms with Crippen molar-refractivity contribution in [2.45, 2.75) is 26.8 Å². The Morgan fingerprint density at radius 2 is 1.86 bits per heavy atom. The predicted octanol–water partition coefficient (Wildman–Crippen LogP) is 1.93. The van der Waals surface area contributed by atoms with E-state index in [0.29, 0.717) is 6.42 Å². The molecule has 0 saturated carbocycles. The number of ether oxygens (including phenoxy) is 1. The van der Waals surface area contributed by atoms with E-state index in [2.05, 4.69) is 23.1 Å². The molecule has 0 bridgehead atoms. The van der Waals surface area contributed by atoms with Gasteiger partial charge in [0.05, 0.1) is 19.6 Å². The number of likely N-dealkylation sites (N-methyl/N-ethyl adjacent to an activating group) is 1. The lowest BCUT2D eigenvalue weighted by Gasteiger charge is -2.26. The molecule has 0 unspecified atom stereocenters. The second-order valence-electron chi connectivity index (χ2n) is 5.45. The first kappa shape index (κ1) is 16.0. The van der Waals surface area contributed by atoms with Gasteiger partial charge in [-0.15, -0.1) is 0 Å². The first-order chi connectivity index (χ1) is 10.2. The van der Waals surface area contributed by atoms with E-state index in [-0.39, 0.29) is 5.91 Å². The first-order valence-corrected chi connectivity index (χ1v) is 7.88. The number of carbonyl (C=O) groups excluding carboxylic acids is 1. The average molecular weight is 290 g/mol. The van der Waals surface area contributed by atoms with Crippen LogP contribution in [0.4, 0.5) is 0 Å². The molecule has 1 heterocycles. The predicted molar refractivity (Wildman–Crippen MR) is 84.2 cm³/mol. The highest BCUT2D eigenvalue weighted by Gasteiger charge is 2.13. The van der Waals surface area contributed by atoms with Gasteiger partial charge in [0.2, 0.25) is 5.91 Å². The summed E-state index contributed by atoms with van der Waals surface area (Å²) in [5, 5.41) is 0. The summed E-state index contributed by atoms with van der Waals surface area (Å²) in [5.41, 5.74) is 2.39. The molecule has 1 aromatic carbocycles. The molecular formula is C17H26N2O2. The molecule has 1 saturated heterocycles. The van der Waals surface area contributed by atoms with Gasteiger partial charge in [-0.25, -0.2) is 0 Å². The van der Waals surface area contributed by atoms with E-state index in [4.69, 9.17) is 4.74 Å². The van der Waals surface area contributed by atoms with Gasteiger partial charge < -0.3 is 9.64 Å². The number of benzene rings is 1. The molecule has 1 fully saturated rings. The zero-order valence-electron chi connectivity index (χ0n) is 13.2. The lowest BCUT2D eigenvalue weighted by atomic mass is 10.1. The topological polar surface area (TPSA) is 32.8 Å². The Morgan fingerprint density at radius 1 is 1.19 bits per heavy atom. The lowest BCUT2D eigenvalue weighted by molar-refractivity contribution is -0.130. The summed E-state index contributed by atoms with van der Waals surface area (Å²) >= 11 is 0. The molecule has 116 valence electrons. The highest BCUT2D eigenvalue weighted by atomic mass is 16.5. The summed E-state index contributed by atoms with van der Waals surface area (Å²) < 4.78 is 5.37. The van der Waals surface area contributed by atoms with Crippen LogP contribution >= 0.6 is 0 Å². The average Bonchev–Trinajstić information content (AvgIpc) is 2.50. The fraction of sp³-hybridized carbons (Fsp3) is 0.588. The minimum Gasteiger partial charge on any atom is -0.379 e. The number of carbonyl (C=O) groups is 1. The molecule has 0 atom stereocenters. The molecule has 0 aliphatic carbocycles. The van der Waals surface area contributed by atoms with Crippen LogP contribution in [0.15, 0.2) is 24.3 Å². The van der Waals surface area contributed by atoms with Crippen LogP contribution in [0.3, 0.4) is 0 Å². The molecule has 0 N–H and O–H groups in total. The third kappa shape index (κ3) is 4.83. The van der Waals surface area contributed by atoms with Gasteiger partial charge in [-0.3, -0.25) is 9.69 Å². The van der Waals surface area contributed by atoms with Crippen molar-refractivity contribution < 1.29 is 9.53 Å². The van der Waals surface area contributed by atoms with Gasteiger partial charge >= 0.3 is 0 Å². The number of hydrogen-bond donors (Lipinski definition) is 0. The van der Waals surface area contributed by atoms with Gasteiger partial charge in [0.1, 0.15) is 0 Å². The van der Waals surface area contributed by atoms with Crippen molar-refractivity contribution >= 4 is 5.91 Å². The molecule has 1 aromatic rings. The molecule has 0 radical (unpaired) electrons.